The second-order valence-electron chi connectivity index (χ2n) is 6.78. The Balaban J connectivity index is 1.50. The predicted octanol–water partition coefficient (Wildman–Crippen LogP) is 3.28. The van der Waals surface area contributed by atoms with Crippen molar-refractivity contribution in [2.75, 3.05) is 26.2 Å². The van der Waals surface area contributed by atoms with Gasteiger partial charge in [-0.3, -0.25) is 0 Å². The summed E-state index contributed by atoms with van der Waals surface area (Å²) in [5, 5.41) is 0.571. The van der Waals surface area contributed by atoms with Crippen molar-refractivity contribution < 1.29 is 21.6 Å². The number of nitrogens with zero attached hydrogens (tertiary/aromatic N) is 1. The van der Waals surface area contributed by atoms with Crippen LogP contribution in [0.15, 0.2) is 47.4 Å². The molecule has 1 saturated heterocycles. The van der Waals surface area contributed by atoms with E-state index in [2.05, 4.69) is 4.72 Å². The van der Waals surface area contributed by atoms with Gasteiger partial charge in [-0.05, 0) is 49.2 Å². The molecule has 1 heterocycles. The van der Waals surface area contributed by atoms with Crippen LogP contribution in [-0.2, 0) is 25.8 Å². The highest BCUT2D eigenvalue weighted by Crippen LogP contribution is 2.26. The van der Waals surface area contributed by atoms with Gasteiger partial charge in [-0.15, -0.1) is 0 Å². The topological polar surface area (TPSA) is 92.8 Å². The first-order valence-electron chi connectivity index (χ1n) is 9.32. The largest absolute Gasteiger partial charge is 0.492 e. The molecule has 0 unspecified atom stereocenters. The molecule has 7 nitrogen and oxygen atoms in total. The van der Waals surface area contributed by atoms with E-state index in [9.17, 15) is 16.8 Å². The molecule has 0 aromatic heterocycles. The predicted molar refractivity (Wildman–Crippen MR) is 117 cm³/mol. The van der Waals surface area contributed by atoms with Gasteiger partial charge in [-0.2, -0.15) is 4.31 Å². The summed E-state index contributed by atoms with van der Waals surface area (Å²) < 4.78 is 58.9. The summed E-state index contributed by atoms with van der Waals surface area (Å²) in [6, 6.07) is 10.9. The van der Waals surface area contributed by atoms with E-state index >= 15 is 0 Å². The Labute approximate surface area is 187 Å². The molecule has 0 aliphatic carbocycles. The lowest BCUT2D eigenvalue weighted by molar-refractivity contribution is 0.322. The minimum atomic E-state index is -3.65. The molecule has 3 rings (SSSR count). The summed E-state index contributed by atoms with van der Waals surface area (Å²) in [4.78, 5) is 0.217. The van der Waals surface area contributed by atoms with Crippen molar-refractivity contribution in [1.82, 2.24) is 9.03 Å². The van der Waals surface area contributed by atoms with E-state index in [1.165, 1.54) is 16.4 Å². The fourth-order valence-electron chi connectivity index (χ4n) is 3.06. The van der Waals surface area contributed by atoms with E-state index in [1.807, 2.05) is 0 Å². The quantitative estimate of drug-likeness (QED) is 0.542. The minimum Gasteiger partial charge on any atom is -0.492 e. The van der Waals surface area contributed by atoms with Gasteiger partial charge in [0.15, 0.2) is 0 Å². The van der Waals surface area contributed by atoms with Gasteiger partial charge in [0.25, 0.3) is 0 Å². The summed E-state index contributed by atoms with van der Waals surface area (Å²) in [6.45, 7) is 1.20. The lowest BCUT2D eigenvalue weighted by Gasteiger charge is -2.15. The molecule has 1 fully saturated rings. The molecule has 11 heteroatoms. The number of hydrogen-bond acceptors (Lipinski definition) is 5. The Bertz CT molecular complexity index is 1060. The van der Waals surface area contributed by atoms with Crippen molar-refractivity contribution in [2.45, 2.75) is 23.5 Å². The first-order chi connectivity index (χ1) is 14.2. The number of ether oxygens (including phenoxy) is 1. The van der Waals surface area contributed by atoms with Crippen LogP contribution in [0.25, 0.3) is 0 Å². The molecule has 30 heavy (non-hydrogen) atoms. The van der Waals surface area contributed by atoms with Crippen LogP contribution in [0.5, 0.6) is 5.75 Å². The number of nitrogens with one attached hydrogen (secondary N) is 1. The van der Waals surface area contributed by atoms with Crippen LogP contribution in [0.2, 0.25) is 10.0 Å². The Morgan fingerprint density at radius 1 is 0.933 bits per heavy atom. The average Bonchev–Trinajstić information content (AvgIpc) is 3.24. The summed E-state index contributed by atoms with van der Waals surface area (Å²) >= 11 is 12.0. The zero-order chi connectivity index (χ0) is 21.8. The maximum absolute atomic E-state index is 12.5. The van der Waals surface area contributed by atoms with Crippen molar-refractivity contribution in [1.29, 1.82) is 0 Å². The van der Waals surface area contributed by atoms with Crippen LogP contribution in [0.1, 0.15) is 18.4 Å². The molecular formula is C19H22Cl2N2O5S2. The molecule has 0 saturated carbocycles. The third kappa shape index (κ3) is 5.87. The van der Waals surface area contributed by atoms with E-state index in [-0.39, 0.29) is 33.8 Å². The molecule has 1 aliphatic heterocycles. The first-order valence-corrected chi connectivity index (χ1v) is 13.2. The lowest BCUT2D eigenvalue weighted by Crippen LogP contribution is -2.29. The third-order valence-electron chi connectivity index (χ3n) is 4.62. The molecule has 1 N–H and O–H groups in total. The summed E-state index contributed by atoms with van der Waals surface area (Å²) in [5.74, 6) is 0.109. The van der Waals surface area contributed by atoms with Gasteiger partial charge in [-0.1, -0.05) is 29.3 Å². The van der Waals surface area contributed by atoms with E-state index in [1.54, 1.807) is 30.3 Å². The van der Waals surface area contributed by atoms with Gasteiger partial charge in [0, 0.05) is 35.2 Å². The summed E-state index contributed by atoms with van der Waals surface area (Å²) in [7, 11) is -7.13. The van der Waals surface area contributed by atoms with Crippen LogP contribution in [-0.4, -0.2) is 47.4 Å². The van der Waals surface area contributed by atoms with E-state index in [0.717, 1.165) is 12.8 Å². The maximum Gasteiger partial charge on any atom is 0.243 e. The lowest BCUT2D eigenvalue weighted by atomic mass is 10.2. The second kappa shape index (κ2) is 9.84. The highest BCUT2D eigenvalue weighted by molar-refractivity contribution is 7.89. The normalized spacial score (nSPS) is 15.4. The molecule has 164 valence electrons. The molecule has 0 atom stereocenters. The van der Waals surface area contributed by atoms with Gasteiger partial charge >= 0.3 is 0 Å². The number of sulfonamides is 2. The van der Waals surface area contributed by atoms with Gasteiger partial charge in [0.1, 0.15) is 12.4 Å². The van der Waals surface area contributed by atoms with Crippen LogP contribution in [0.3, 0.4) is 0 Å². The van der Waals surface area contributed by atoms with Crippen LogP contribution in [0, 0.1) is 0 Å². The van der Waals surface area contributed by atoms with Crippen LogP contribution in [0.4, 0.5) is 0 Å². The van der Waals surface area contributed by atoms with Crippen LogP contribution < -0.4 is 9.46 Å². The molecule has 1 aliphatic rings. The molecule has 2 aromatic rings. The Morgan fingerprint density at radius 2 is 1.53 bits per heavy atom. The van der Waals surface area contributed by atoms with Crippen molar-refractivity contribution >= 4 is 43.2 Å². The van der Waals surface area contributed by atoms with Gasteiger partial charge < -0.3 is 4.74 Å². The Morgan fingerprint density at radius 3 is 2.13 bits per heavy atom. The zero-order valence-corrected chi connectivity index (χ0v) is 19.2. The summed E-state index contributed by atoms with van der Waals surface area (Å²) in [5.41, 5.74) is 0.337. The smallest absolute Gasteiger partial charge is 0.243 e. The minimum absolute atomic E-state index is 0.0399. The third-order valence-corrected chi connectivity index (χ3v) is 8.55. The van der Waals surface area contributed by atoms with Gasteiger partial charge in [0.05, 0.1) is 10.6 Å². The Kier molecular flexibility index (Phi) is 7.65. The number of hydrogen-bond donors (Lipinski definition) is 1. The fourth-order valence-corrected chi connectivity index (χ4v) is 6.46. The molecular weight excluding hydrogens is 471 g/mol. The highest BCUT2D eigenvalue weighted by atomic mass is 35.5. The molecule has 2 aromatic carbocycles. The molecule has 0 radical (unpaired) electrons. The average molecular weight is 493 g/mol. The molecule has 0 amide bonds. The van der Waals surface area contributed by atoms with E-state index < -0.39 is 20.0 Å². The van der Waals surface area contributed by atoms with E-state index in [4.69, 9.17) is 27.9 Å². The van der Waals surface area contributed by atoms with Crippen molar-refractivity contribution in [3.63, 3.8) is 0 Å². The highest BCUT2D eigenvalue weighted by Gasteiger charge is 2.27. The van der Waals surface area contributed by atoms with Crippen molar-refractivity contribution in [3.8, 4) is 5.75 Å². The Hall–Kier alpha value is -1.36. The van der Waals surface area contributed by atoms with E-state index in [0.29, 0.717) is 24.4 Å². The number of benzene rings is 2. The number of rotatable bonds is 9. The fraction of sp³-hybridized carbons (Fsp3) is 0.368. The number of halogens is 2. The second-order valence-corrected chi connectivity index (χ2v) is 11.3. The molecule has 0 spiro atoms. The van der Waals surface area contributed by atoms with Crippen LogP contribution >= 0.6 is 23.2 Å². The zero-order valence-electron chi connectivity index (χ0n) is 16.1. The first kappa shape index (κ1) is 23.3. The van der Waals surface area contributed by atoms with Crippen molar-refractivity contribution in [2.24, 2.45) is 0 Å². The summed E-state index contributed by atoms with van der Waals surface area (Å²) in [6.07, 6.45) is 1.75. The SMILES string of the molecule is O=S(=O)(Cc1c(Cl)cccc1Cl)NCCOc1ccc(S(=O)(=O)N2CCCC2)cc1. The monoisotopic (exact) mass is 492 g/mol. The van der Waals surface area contributed by atoms with Gasteiger partial charge in [0.2, 0.25) is 20.0 Å². The van der Waals surface area contributed by atoms with Crippen molar-refractivity contribution in [3.05, 3.63) is 58.1 Å². The molecule has 0 bridgehead atoms. The van der Waals surface area contributed by atoms with Gasteiger partial charge in [-0.25, -0.2) is 21.6 Å². The maximum atomic E-state index is 12.5. The standard InChI is InChI=1S/C19H22Cl2N2O5S2/c20-18-4-3-5-19(21)17(18)14-29(24,25)22-10-13-28-15-6-8-16(9-7-15)30(26,27)23-11-1-2-12-23/h3-9,22H,1-2,10-14H2.